The van der Waals surface area contributed by atoms with E-state index in [2.05, 4.69) is 88.4 Å². The van der Waals surface area contributed by atoms with Crippen molar-refractivity contribution >= 4 is 27.3 Å². The minimum Gasteiger partial charge on any atom is -0.512 e. The Morgan fingerprint density at radius 3 is 2.22 bits per heavy atom. The van der Waals surface area contributed by atoms with Gasteiger partial charge in [0.1, 0.15) is 0 Å². The van der Waals surface area contributed by atoms with E-state index in [0.717, 1.165) is 24.1 Å². The number of hydrogen-bond donors (Lipinski definition) is 1. The second kappa shape index (κ2) is 13.5. The molecule has 191 valence electrons. The average Bonchev–Trinajstić information content (AvgIpc) is 2.77. The monoisotopic (exact) mass is 659 g/mol. The predicted octanol–water partition coefficient (Wildman–Crippen LogP) is 8.29. The Morgan fingerprint density at radius 2 is 1.61 bits per heavy atom. The molecule has 1 heterocycles. The van der Waals surface area contributed by atoms with Crippen molar-refractivity contribution in [1.29, 1.82) is 0 Å². The van der Waals surface area contributed by atoms with Crippen LogP contribution in [0.2, 0.25) is 0 Å². The van der Waals surface area contributed by atoms with Crippen molar-refractivity contribution in [2.24, 2.45) is 11.8 Å². The van der Waals surface area contributed by atoms with Crippen LogP contribution in [0.4, 0.5) is 0 Å². The third-order valence-corrected chi connectivity index (χ3v) is 5.59. The molecule has 0 saturated carbocycles. The summed E-state index contributed by atoms with van der Waals surface area (Å²) in [6.07, 6.45) is 5.24. The van der Waals surface area contributed by atoms with Gasteiger partial charge >= 0.3 is 0 Å². The Kier molecular flexibility index (Phi) is 11.0. The molecule has 0 bridgehead atoms. The van der Waals surface area contributed by atoms with E-state index in [1.807, 2.05) is 6.20 Å². The second-order valence-electron chi connectivity index (χ2n) is 10.1. The smallest absolute Gasteiger partial charge is 0.155 e. The van der Waals surface area contributed by atoms with Gasteiger partial charge in [-0.3, -0.25) is 4.79 Å². The molecular formula is C32H36IrNO2-. The van der Waals surface area contributed by atoms with E-state index < -0.39 is 0 Å². The Balaban J connectivity index is 0.000000503. The summed E-state index contributed by atoms with van der Waals surface area (Å²) in [5.74, 6) is 1.18. The van der Waals surface area contributed by atoms with Crippen LogP contribution in [0.25, 0.3) is 32.8 Å². The maximum absolute atomic E-state index is 10.0. The Bertz CT molecular complexity index is 1320. The molecule has 0 amide bonds. The fraction of sp³-hybridized carbons (Fsp3) is 0.312. The van der Waals surface area contributed by atoms with Gasteiger partial charge in [-0.1, -0.05) is 64.1 Å². The first kappa shape index (κ1) is 29.4. The number of hydrogen-bond acceptors (Lipinski definition) is 3. The molecule has 0 aliphatic rings. The summed E-state index contributed by atoms with van der Waals surface area (Å²) < 4.78 is 0. The average molecular weight is 659 g/mol. The summed E-state index contributed by atoms with van der Waals surface area (Å²) >= 11 is 0. The quantitative estimate of drug-likeness (QED) is 0.0982. The van der Waals surface area contributed by atoms with Crippen LogP contribution in [0.15, 0.2) is 72.6 Å². The Morgan fingerprint density at radius 1 is 0.917 bits per heavy atom. The van der Waals surface area contributed by atoms with Gasteiger partial charge in [-0.15, -0.1) is 34.9 Å². The molecule has 0 fully saturated rings. The van der Waals surface area contributed by atoms with Crippen molar-refractivity contribution < 1.29 is 30.0 Å². The van der Waals surface area contributed by atoms with Crippen molar-refractivity contribution in [3.63, 3.8) is 0 Å². The fourth-order valence-corrected chi connectivity index (χ4v) is 4.41. The molecule has 0 saturated heterocycles. The van der Waals surface area contributed by atoms with Crippen molar-refractivity contribution in [2.45, 2.75) is 54.4 Å². The molecule has 36 heavy (non-hydrogen) atoms. The number of ketones is 1. The van der Waals surface area contributed by atoms with E-state index in [-0.39, 0.29) is 31.6 Å². The SMILES string of the molecule is CC(=O)/C=C(/C)O.CC(C)Cc1[c-]c(-c2nccc3c2ccc2ccccc23)cc(CC(C)C)c1.[Ir]. The maximum Gasteiger partial charge on any atom is 0.155 e. The summed E-state index contributed by atoms with van der Waals surface area (Å²) in [7, 11) is 0. The van der Waals surface area contributed by atoms with E-state index in [9.17, 15) is 4.79 Å². The topological polar surface area (TPSA) is 50.2 Å². The van der Waals surface area contributed by atoms with E-state index in [1.54, 1.807) is 0 Å². The zero-order valence-corrected chi connectivity index (χ0v) is 24.5. The first-order chi connectivity index (χ1) is 16.6. The van der Waals surface area contributed by atoms with Gasteiger partial charge in [-0.2, -0.15) is 0 Å². The van der Waals surface area contributed by atoms with E-state index in [4.69, 9.17) is 10.1 Å². The van der Waals surface area contributed by atoms with Crippen LogP contribution in [0.1, 0.15) is 52.7 Å². The molecule has 0 atom stereocenters. The molecule has 0 unspecified atom stereocenters. The minimum absolute atomic E-state index is 0. The maximum atomic E-state index is 10.0. The van der Waals surface area contributed by atoms with Gasteiger partial charge in [0.2, 0.25) is 0 Å². The number of carbonyl (C=O) groups is 1. The second-order valence-corrected chi connectivity index (χ2v) is 10.1. The summed E-state index contributed by atoms with van der Waals surface area (Å²) in [5.41, 5.74) is 4.84. The van der Waals surface area contributed by atoms with Crippen LogP contribution in [-0.2, 0) is 37.7 Å². The molecule has 4 heteroatoms. The van der Waals surface area contributed by atoms with Gasteiger partial charge in [0.05, 0.1) is 5.76 Å². The molecule has 3 nitrogen and oxygen atoms in total. The number of pyridine rings is 1. The number of carbonyl (C=O) groups excluding carboxylic acids is 1. The number of rotatable bonds is 6. The minimum atomic E-state index is -0.125. The first-order valence-electron chi connectivity index (χ1n) is 12.3. The Labute approximate surface area is 229 Å². The third-order valence-electron chi connectivity index (χ3n) is 5.59. The first-order valence-corrected chi connectivity index (χ1v) is 12.3. The normalized spacial score (nSPS) is 11.4. The Hall–Kier alpha value is -2.81. The summed E-state index contributed by atoms with van der Waals surface area (Å²) in [6, 6.07) is 23.4. The number of nitrogens with zero attached hydrogens (tertiary/aromatic N) is 1. The molecule has 1 N–H and O–H groups in total. The number of benzene rings is 3. The van der Waals surface area contributed by atoms with Gasteiger partial charge < -0.3 is 10.1 Å². The largest absolute Gasteiger partial charge is 0.512 e. The number of fused-ring (bicyclic) bond motifs is 3. The molecule has 3 aromatic carbocycles. The van der Waals surface area contributed by atoms with Crippen LogP contribution in [0.3, 0.4) is 0 Å². The van der Waals surface area contributed by atoms with E-state index in [0.29, 0.717) is 11.8 Å². The molecule has 0 aliphatic heterocycles. The number of aliphatic hydroxyl groups is 1. The van der Waals surface area contributed by atoms with E-state index in [1.165, 1.54) is 52.6 Å². The molecule has 0 spiro atoms. The van der Waals surface area contributed by atoms with Crippen LogP contribution in [0.5, 0.6) is 0 Å². The number of aromatic nitrogens is 1. The molecule has 4 aromatic rings. The zero-order chi connectivity index (χ0) is 25.5. The van der Waals surface area contributed by atoms with Gasteiger partial charge in [0, 0.05) is 32.4 Å². The predicted molar refractivity (Wildman–Crippen MR) is 148 cm³/mol. The third kappa shape index (κ3) is 8.11. The number of aliphatic hydroxyl groups excluding tert-OH is 1. The van der Waals surface area contributed by atoms with Gasteiger partial charge in [0.25, 0.3) is 0 Å². The van der Waals surface area contributed by atoms with Crippen molar-refractivity contribution in [1.82, 2.24) is 4.98 Å². The molecule has 1 radical (unpaired) electrons. The summed E-state index contributed by atoms with van der Waals surface area (Å²) in [5, 5.41) is 13.4. The van der Waals surface area contributed by atoms with Gasteiger partial charge in [-0.25, -0.2) is 0 Å². The van der Waals surface area contributed by atoms with Gasteiger partial charge in [0.15, 0.2) is 5.78 Å². The van der Waals surface area contributed by atoms with Crippen LogP contribution in [-0.4, -0.2) is 15.9 Å². The number of allylic oxidation sites excluding steroid dienone is 2. The van der Waals surface area contributed by atoms with Crippen LogP contribution < -0.4 is 0 Å². The van der Waals surface area contributed by atoms with Crippen molar-refractivity contribution in [2.75, 3.05) is 0 Å². The molecule has 0 aliphatic carbocycles. The fourth-order valence-electron chi connectivity index (χ4n) is 4.41. The molecule has 1 aromatic heterocycles. The summed E-state index contributed by atoms with van der Waals surface area (Å²) in [4.78, 5) is 14.8. The standard InChI is InChI=1S/C27H28N.C5H8O2.Ir/c1-18(2)13-20-15-21(14-19(3)4)17-23(16-20)27-26-10-9-22-7-5-6-8-24(22)25(26)11-12-28-27;1-4(6)3-5(2)7;/h5-12,15-16,18-19H,13-14H2,1-4H3;3,6H,1-2H3;/q-1;;/b;4-3-;. The van der Waals surface area contributed by atoms with Crippen molar-refractivity contribution in [3.05, 3.63) is 89.8 Å². The van der Waals surface area contributed by atoms with Crippen LogP contribution in [0, 0.1) is 17.9 Å². The van der Waals surface area contributed by atoms with Crippen LogP contribution >= 0.6 is 0 Å². The van der Waals surface area contributed by atoms with Crippen molar-refractivity contribution in [3.8, 4) is 11.3 Å². The zero-order valence-electron chi connectivity index (χ0n) is 22.1. The molecule has 4 rings (SSSR count). The van der Waals surface area contributed by atoms with E-state index >= 15 is 0 Å². The molecular weight excluding hydrogens is 623 g/mol. The summed E-state index contributed by atoms with van der Waals surface area (Å²) in [6.45, 7) is 11.9. The van der Waals surface area contributed by atoms with Gasteiger partial charge in [-0.05, 0) is 71.8 Å².